The molecule has 5 nitrogen and oxygen atoms in total. The summed E-state index contributed by atoms with van der Waals surface area (Å²) >= 11 is 1.59. The van der Waals surface area contributed by atoms with Crippen molar-refractivity contribution in [2.45, 2.75) is 12.6 Å². The number of methoxy groups -OCH3 is 1. The van der Waals surface area contributed by atoms with E-state index in [0.717, 1.165) is 16.9 Å². The first-order chi connectivity index (χ1) is 10.7. The Morgan fingerprint density at radius 2 is 2.09 bits per heavy atom. The molecule has 0 radical (unpaired) electrons. The summed E-state index contributed by atoms with van der Waals surface area (Å²) in [7, 11) is 3.27. The van der Waals surface area contributed by atoms with Crippen molar-refractivity contribution in [2.75, 3.05) is 20.8 Å². The summed E-state index contributed by atoms with van der Waals surface area (Å²) in [5, 5.41) is 16.4. The van der Waals surface area contributed by atoms with E-state index < -0.39 is 6.04 Å². The van der Waals surface area contributed by atoms with Crippen LogP contribution in [0.1, 0.15) is 17.2 Å². The van der Waals surface area contributed by atoms with E-state index in [4.69, 9.17) is 4.74 Å². The van der Waals surface area contributed by atoms with Crippen molar-refractivity contribution in [1.29, 1.82) is 0 Å². The molecule has 2 N–H and O–H groups in total. The molecule has 0 aliphatic carbocycles. The molecule has 0 unspecified atom stereocenters. The van der Waals surface area contributed by atoms with Crippen molar-refractivity contribution < 1.29 is 14.6 Å². The normalized spacial score (nSPS) is 11.8. The molecule has 0 saturated carbocycles. The van der Waals surface area contributed by atoms with Gasteiger partial charge in [0.05, 0.1) is 19.8 Å². The zero-order valence-electron chi connectivity index (χ0n) is 12.7. The van der Waals surface area contributed by atoms with Gasteiger partial charge in [0.25, 0.3) is 0 Å². The largest absolute Gasteiger partial charge is 0.497 e. The number of hydrogen-bond donors (Lipinski definition) is 2. The van der Waals surface area contributed by atoms with Crippen LogP contribution in [0.3, 0.4) is 0 Å². The fourth-order valence-electron chi connectivity index (χ4n) is 2.11. The molecule has 0 fully saturated rings. The number of rotatable bonds is 6. The molecular formula is C16H20N2O3S. The number of aliphatic hydroxyl groups is 1. The van der Waals surface area contributed by atoms with Gasteiger partial charge in [-0.05, 0) is 40.1 Å². The SMILES string of the molecule is COc1ccc([C@@H](CO)N(C)C(=O)NCc2ccsc2)cc1. The smallest absolute Gasteiger partial charge is 0.318 e. The van der Waals surface area contributed by atoms with Crippen LogP contribution in [-0.4, -0.2) is 36.8 Å². The van der Waals surface area contributed by atoms with Gasteiger partial charge in [0.1, 0.15) is 5.75 Å². The van der Waals surface area contributed by atoms with Gasteiger partial charge in [-0.3, -0.25) is 0 Å². The molecule has 0 bridgehead atoms. The minimum Gasteiger partial charge on any atom is -0.497 e. The number of hydrogen-bond acceptors (Lipinski definition) is 4. The summed E-state index contributed by atoms with van der Waals surface area (Å²) in [6, 6.07) is 8.68. The van der Waals surface area contributed by atoms with Crippen molar-refractivity contribution in [3.63, 3.8) is 0 Å². The first kappa shape index (κ1) is 16.3. The quantitative estimate of drug-likeness (QED) is 0.860. The standard InChI is InChI=1S/C16H20N2O3S/c1-18(16(20)17-9-12-7-8-22-11-12)15(10-19)13-3-5-14(21-2)6-4-13/h3-8,11,15,19H,9-10H2,1-2H3,(H,17,20)/t15-/m1/s1. The number of ether oxygens (including phenoxy) is 1. The van der Waals surface area contributed by atoms with E-state index in [2.05, 4.69) is 5.32 Å². The van der Waals surface area contributed by atoms with Crippen molar-refractivity contribution in [2.24, 2.45) is 0 Å². The molecule has 0 saturated heterocycles. The van der Waals surface area contributed by atoms with Gasteiger partial charge >= 0.3 is 6.03 Å². The van der Waals surface area contributed by atoms with Crippen LogP contribution in [0.15, 0.2) is 41.1 Å². The molecule has 0 spiro atoms. The molecule has 1 aromatic carbocycles. The lowest BCUT2D eigenvalue weighted by atomic mass is 10.1. The molecule has 0 aliphatic heterocycles. The van der Waals surface area contributed by atoms with E-state index in [0.29, 0.717) is 6.54 Å². The number of nitrogens with one attached hydrogen (secondary N) is 1. The minimum absolute atomic E-state index is 0.144. The number of nitrogens with zero attached hydrogens (tertiary/aromatic N) is 1. The zero-order valence-corrected chi connectivity index (χ0v) is 13.5. The Bertz CT molecular complexity index is 584. The second kappa shape index (κ2) is 7.82. The average Bonchev–Trinajstić information content (AvgIpc) is 3.07. The number of benzene rings is 1. The van der Waals surface area contributed by atoms with Crippen LogP contribution < -0.4 is 10.1 Å². The van der Waals surface area contributed by atoms with Gasteiger partial charge in [-0.2, -0.15) is 11.3 Å². The Balaban J connectivity index is 2.00. The Morgan fingerprint density at radius 3 is 2.64 bits per heavy atom. The van der Waals surface area contributed by atoms with E-state index in [9.17, 15) is 9.90 Å². The third-order valence-corrected chi connectivity index (χ3v) is 4.22. The first-order valence-electron chi connectivity index (χ1n) is 6.92. The summed E-state index contributed by atoms with van der Waals surface area (Å²) in [4.78, 5) is 13.7. The highest BCUT2D eigenvalue weighted by atomic mass is 32.1. The number of likely N-dealkylation sites (N-methyl/N-ethyl adjacent to an activating group) is 1. The summed E-state index contributed by atoms with van der Waals surface area (Å²) in [5.41, 5.74) is 1.92. The maximum absolute atomic E-state index is 12.2. The highest BCUT2D eigenvalue weighted by molar-refractivity contribution is 7.07. The summed E-state index contributed by atoms with van der Waals surface area (Å²) in [6.07, 6.45) is 0. The molecule has 2 amide bonds. The van der Waals surface area contributed by atoms with Crippen LogP contribution >= 0.6 is 11.3 Å². The van der Waals surface area contributed by atoms with Crippen molar-refractivity contribution >= 4 is 17.4 Å². The Kier molecular flexibility index (Phi) is 5.80. The van der Waals surface area contributed by atoms with Gasteiger partial charge < -0.3 is 20.1 Å². The van der Waals surface area contributed by atoms with Crippen molar-refractivity contribution in [1.82, 2.24) is 10.2 Å². The van der Waals surface area contributed by atoms with Gasteiger partial charge in [-0.15, -0.1) is 0 Å². The van der Waals surface area contributed by atoms with Gasteiger partial charge in [-0.25, -0.2) is 4.79 Å². The maximum atomic E-state index is 12.2. The van der Waals surface area contributed by atoms with Crippen LogP contribution in [0.25, 0.3) is 0 Å². The van der Waals surface area contributed by atoms with E-state index in [1.54, 1.807) is 25.5 Å². The first-order valence-corrected chi connectivity index (χ1v) is 7.86. The fraction of sp³-hybridized carbons (Fsp3) is 0.312. The van der Waals surface area contributed by atoms with Crippen molar-refractivity contribution in [3.8, 4) is 5.75 Å². The fourth-order valence-corrected chi connectivity index (χ4v) is 2.78. The molecule has 1 atom stereocenters. The lowest BCUT2D eigenvalue weighted by Gasteiger charge is -2.27. The van der Waals surface area contributed by atoms with E-state index in [1.165, 1.54) is 4.90 Å². The number of urea groups is 1. The van der Waals surface area contributed by atoms with Crippen LogP contribution in [0, 0.1) is 0 Å². The summed E-state index contributed by atoms with van der Waals surface area (Å²) in [5.74, 6) is 0.741. The van der Waals surface area contributed by atoms with Crippen LogP contribution in [0.5, 0.6) is 5.75 Å². The summed E-state index contributed by atoms with van der Waals surface area (Å²) in [6.45, 7) is 0.335. The molecular weight excluding hydrogens is 300 g/mol. The number of carbonyl (C=O) groups is 1. The molecule has 1 heterocycles. The Hall–Kier alpha value is -2.05. The lowest BCUT2D eigenvalue weighted by molar-refractivity contribution is 0.149. The van der Waals surface area contributed by atoms with Crippen LogP contribution in [0.4, 0.5) is 4.79 Å². The van der Waals surface area contributed by atoms with Gasteiger partial charge in [0.15, 0.2) is 0 Å². The molecule has 118 valence electrons. The van der Waals surface area contributed by atoms with Gasteiger partial charge in [0.2, 0.25) is 0 Å². The van der Waals surface area contributed by atoms with Gasteiger partial charge in [-0.1, -0.05) is 12.1 Å². The van der Waals surface area contributed by atoms with Crippen LogP contribution in [0.2, 0.25) is 0 Å². The number of carbonyl (C=O) groups excluding carboxylic acids is 1. The molecule has 2 aromatic rings. The predicted octanol–water partition coefficient (Wildman–Crippen LogP) is 2.63. The lowest BCUT2D eigenvalue weighted by Crippen LogP contribution is -2.40. The number of amides is 2. The van der Waals surface area contributed by atoms with E-state index in [1.807, 2.05) is 41.1 Å². The zero-order chi connectivity index (χ0) is 15.9. The third-order valence-electron chi connectivity index (χ3n) is 3.49. The van der Waals surface area contributed by atoms with E-state index >= 15 is 0 Å². The topological polar surface area (TPSA) is 61.8 Å². The monoisotopic (exact) mass is 320 g/mol. The van der Waals surface area contributed by atoms with Gasteiger partial charge in [0, 0.05) is 13.6 Å². The van der Waals surface area contributed by atoms with Crippen molar-refractivity contribution in [3.05, 3.63) is 52.2 Å². The Labute approximate surface area is 134 Å². The molecule has 1 aromatic heterocycles. The highest BCUT2D eigenvalue weighted by Gasteiger charge is 2.20. The third kappa shape index (κ3) is 3.99. The second-order valence-electron chi connectivity index (χ2n) is 4.87. The average molecular weight is 320 g/mol. The Morgan fingerprint density at radius 1 is 1.36 bits per heavy atom. The highest BCUT2D eigenvalue weighted by Crippen LogP contribution is 2.22. The molecule has 2 rings (SSSR count). The summed E-state index contributed by atoms with van der Waals surface area (Å²) < 4.78 is 5.12. The minimum atomic E-state index is -0.395. The maximum Gasteiger partial charge on any atom is 0.318 e. The predicted molar refractivity (Wildman–Crippen MR) is 87.1 cm³/mol. The van der Waals surface area contributed by atoms with E-state index in [-0.39, 0.29) is 12.6 Å². The molecule has 6 heteroatoms. The van der Waals surface area contributed by atoms with Crippen LogP contribution in [-0.2, 0) is 6.54 Å². The molecule has 0 aliphatic rings. The second-order valence-corrected chi connectivity index (χ2v) is 5.65. The molecule has 22 heavy (non-hydrogen) atoms. The number of thiophene rings is 1. The number of aliphatic hydroxyl groups excluding tert-OH is 1.